The van der Waals surface area contributed by atoms with Gasteiger partial charge in [0.05, 0.1) is 0 Å². The first-order chi connectivity index (χ1) is 6.20. The van der Waals surface area contributed by atoms with E-state index in [0.717, 1.165) is 38.9 Å². The molecule has 4 heteroatoms. The van der Waals surface area contributed by atoms with Gasteiger partial charge in [-0.2, -0.15) is 0 Å². The zero-order chi connectivity index (χ0) is 10.1. The second-order valence-corrected chi connectivity index (χ2v) is 3.23. The third-order valence-electron chi connectivity index (χ3n) is 2.26. The summed E-state index contributed by atoms with van der Waals surface area (Å²) in [6, 6.07) is 0. The topological polar surface area (TPSA) is 40.5 Å². The normalized spacial score (nSPS) is 9.93. The van der Waals surface area contributed by atoms with Crippen molar-refractivity contribution in [2.24, 2.45) is 0 Å². The molecule has 0 aliphatic carbocycles. The zero-order valence-corrected chi connectivity index (χ0v) is 9.98. The van der Waals surface area contributed by atoms with E-state index < -0.39 is 5.97 Å². The van der Waals surface area contributed by atoms with Gasteiger partial charge in [-0.05, 0) is 32.5 Å². The molecular weight excluding hydrogens is 202 g/mol. The highest BCUT2D eigenvalue weighted by atomic mass is 35.5. The largest absolute Gasteiger partial charge is 0.481 e. The fourth-order valence-corrected chi connectivity index (χ4v) is 1.33. The molecule has 0 aliphatic rings. The Bertz CT molecular complexity index is 138. The molecule has 0 aromatic heterocycles. The van der Waals surface area contributed by atoms with Gasteiger partial charge in [0, 0.05) is 6.42 Å². The van der Waals surface area contributed by atoms with Crippen molar-refractivity contribution in [2.45, 2.75) is 39.5 Å². The Morgan fingerprint density at radius 1 is 1.14 bits per heavy atom. The van der Waals surface area contributed by atoms with Crippen LogP contribution in [-0.2, 0) is 4.79 Å². The van der Waals surface area contributed by atoms with Crippen molar-refractivity contribution in [1.82, 2.24) is 4.90 Å². The maximum Gasteiger partial charge on any atom is 0.303 e. The maximum absolute atomic E-state index is 10.2. The zero-order valence-electron chi connectivity index (χ0n) is 9.16. The van der Waals surface area contributed by atoms with Crippen LogP contribution in [0.25, 0.3) is 0 Å². The highest BCUT2D eigenvalue weighted by molar-refractivity contribution is 5.85. The summed E-state index contributed by atoms with van der Waals surface area (Å²) in [7, 11) is 0. The van der Waals surface area contributed by atoms with Crippen LogP contribution >= 0.6 is 12.4 Å². The molecule has 0 aromatic carbocycles. The van der Waals surface area contributed by atoms with E-state index in [4.69, 9.17) is 5.11 Å². The molecule has 0 bridgehead atoms. The van der Waals surface area contributed by atoms with Gasteiger partial charge in [-0.15, -0.1) is 12.4 Å². The minimum atomic E-state index is -0.678. The number of nitrogens with zero attached hydrogens (tertiary/aromatic N) is 1. The molecule has 0 amide bonds. The summed E-state index contributed by atoms with van der Waals surface area (Å²) in [5.41, 5.74) is 0. The molecular formula is C10H22ClNO2. The standard InChI is InChI=1S/C10H21NO2.ClH/c1-3-11(4-2)9-7-5-6-8-10(12)13;/h3-9H2,1-2H3,(H,12,13);1H. The highest BCUT2D eigenvalue weighted by Crippen LogP contribution is 2.01. The SMILES string of the molecule is CCN(CC)CCCCCC(=O)O.Cl. The van der Waals surface area contributed by atoms with E-state index in [9.17, 15) is 4.79 Å². The van der Waals surface area contributed by atoms with Gasteiger partial charge in [-0.3, -0.25) is 4.79 Å². The number of carbonyl (C=O) groups is 1. The summed E-state index contributed by atoms with van der Waals surface area (Å²) < 4.78 is 0. The fraction of sp³-hybridized carbons (Fsp3) is 0.900. The van der Waals surface area contributed by atoms with Gasteiger partial charge in [-0.1, -0.05) is 20.3 Å². The van der Waals surface area contributed by atoms with Crippen LogP contribution in [0.3, 0.4) is 0 Å². The fourth-order valence-electron chi connectivity index (χ4n) is 1.33. The summed E-state index contributed by atoms with van der Waals surface area (Å²) in [6.07, 6.45) is 3.28. The number of carboxylic acid groups (broad SMARTS) is 1. The predicted octanol–water partition coefficient (Wildman–Crippen LogP) is 2.40. The van der Waals surface area contributed by atoms with Crippen LogP contribution in [0.1, 0.15) is 39.5 Å². The Labute approximate surface area is 92.9 Å². The van der Waals surface area contributed by atoms with Crippen LogP contribution in [0.5, 0.6) is 0 Å². The molecule has 0 radical (unpaired) electrons. The lowest BCUT2D eigenvalue weighted by molar-refractivity contribution is -0.137. The molecule has 14 heavy (non-hydrogen) atoms. The molecule has 0 aromatic rings. The van der Waals surface area contributed by atoms with Crippen molar-refractivity contribution in [3.63, 3.8) is 0 Å². The maximum atomic E-state index is 10.2. The second kappa shape index (κ2) is 10.8. The van der Waals surface area contributed by atoms with Gasteiger partial charge in [0.1, 0.15) is 0 Å². The molecule has 0 saturated heterocycles. The van der Waals surface area contributed by atoms with E-state index >= 15 is 0 Å². The Balaban J connectivity index is 0. The molecule has 0 rings (SSSR count). The average molecular weight is 224 g/mol. The first-order valence-electron chi connectivity index (χ1n) is 5.14. The molecule has 0 spiro atoms. The molecule has 0 heterocycles. The van der Waals surface area contributed by atoms with E-state index in [-0.39, 0.29) is 12.4 Å². The number of rotatable bonds is 8. The van der Waals surface area contributed by atoms with Gasteiger partial charge in [0.15, 0.2) is 0 Å². The number of unbranched alkanes of at least 4 members (excludes halogenated alkanes) is 2. The van der Waals surface area contributed by atoms with E-state index in [1.54, 1.807) is 0 Å². The average Bonchev–Trinajstić information content (AvgIpc) is 2.11. The monoisotopic (exact) mass is 223 g/mol. The van der Waals surface area contributed by atoms with Crippen molar-refractivity contribution in [3.05, 3.63) is 0 Å². The quantitative estimate of drug-likeness (QED) is 0.643. The van der Waals surface area contributed by atoms with Gasteiger partial charge in [0.2, 0.25) is 0 Å². The van der Waals surface area contributed by atoms with Crippen LogP contribution in [0.2, 0.25) is 0 Å². The number of hydrogen-bond donors (Lipinski definition) is 1. The minimum absolute atomic E-state index is 0. The third-order valence-corrected chi connectivity index (χ3v) is 2.26. The summed E-state index contributed by atoms with van der Waals surface area (Å²) in [5, 5.41) is 8.40. The molecule has 0 atom stereocenters. The molecule has 0 aliphatic heterocycles. The van der Waals surface area contributed by atoms with Crippen LogP contribution < -0.4 is 0 Å². The summed E-state index contributed by atoms with van der Waals surface area (Å²) in [6.45, 7) is 7.60. The summed E-state index contributed by atoms with van der Waals surface area (Å²) in [4.78, 5) is 12.6. The Morgan fingerprint density at radius 2 is 1.71 bits per heavy atom. The number of hydrogen-bond acceptors (Lipinski definition) is 2. The summed E-state index contributed by atoms with van der Waals surface area (Å²) >= 11 is 0. The molecule has 0 fully saturated rings. The minimum Gasteiger partial charge on any atom is -0.481 e. The van der Waals surface area contributed by atoms with Gasteiger partial charge in [-0.25, -0.2) is 0 Å². The molecule has 0 saturated carbocycles. The van der Waals surface area contributed by atoms with Crippen molar-refractivity contribution in [1.29, 1.82) is 0 Å². The van der Waals surface area contributed by atoms with E-state index in [1.165, 1.54) is 0 Å². The van der Waals surface area contributed by atoms with Crippen LogP contribution in [0.15, 0.2) is 0 Å². The lowest BCUT2D eigenvalue weighted by Crippen LogP contribution is -2.23. The Kier molecular flexibility index (Phi) is 12.5. The van der Waals surface area contributed by atoms with Crippen molar-refractivity contribution in [3.8, 4) is 0 Å². The molecule has 86 valence electrons. The Morgan fingerprint density at radius 3 is 2.14 bits per heavy atom. The van der Waals surface area contributed by atoms with E-state index in [0.29, 0.717) is 6.42 Å². The first kappa shape index (κ1) is 16.2. The molecule has 0 unspecified atom stereocenters. The molecule has 3 nitrogen and oxygen atoms in total. The smallest absolute Gasteiger partial charge is 0.303 e. The van der Waals surface area contributed by atoms with Crippen LogP contribution in [-0.4, -0.2) is 35.6 Å². The molecule has 1 N–H and O–H groups in total. The van der Waals surface area contributed by atoms with Gasteiger partial charge in [0.25, 0.3) is 0 Å². The predicted molar refractivity (Wildman–Crippen MR) is 61.1 cm³/mol. The second-order valence-electron chi connectivity index (χ2n) is 3.23. The third kappa shape index (κ3) is 9.81. The van der Waals surface area contributed by atoms with Crippen LogP contribution in [0.4, 0.5) is 0 Å². The van der Waals surface area contributed by atoms with Crippen molar-refractivity contribution in [2.75, 3.05) is 19.6 Å². The Hall–Kier alpha value is -0.280. The van der Waals surface area contributed by atoms with Gasteiger partial charge < -0.3 is 10.0 Å². The van der Waals surface area contributed by atoms with Gasteiger partial charge >= 0.3 is 5.97 Å². The van der Waals surface area contributed by atoms with E-state index in [2.05, 4.69) is 18.7 Å². The van der Waals surface area contributed by atoms with Crippen LogP contribution in [0, 0.1) is 0 Å². The van der Waals surface area contributed by atoms with E-state index in [1.807, 2.05) is 0 Å². The van der Waals surface area contributed by atoms with Crippen molar-refractivity contribution < 1.29 is 9.90 Å². The first-order valence-corrected chi connectivity index (χ1v) is 5.14. The number of halogens is 1. The summed E-state index contributed by atoms with van der Waals surface area (Å²) in [5.74, 6) is -0.678. The lowest BCUT2D eigenvalue weighted by atomic mass is 10.2. The number of aliphatic carboxylic acids is 1. The van der Waals surface area contributed by atoms with Crippen molar-refractivity contribution >= 4 is 18.4 Å². The number of carboxylic acids is 1. The highest BCUT2D eigenvalue weighted by Gasteiger charge is 1.99. The lowest BCUT2D eigenvalue weighted by Gasteiger charge is -2.17.